The van der Waals surface area contributed by atoms with Crippen molar-refractivity contribution >= 4 is 17.6 Å². The maximum absolute atomic E-state index is 11.8. The summed E-state index contributed by atoms with van der Waals surface area (Å²) in [6.45, 7) is 6.67. The lowest BCUT2D eigenvalue weighted by molar-refractivity contribution is -0.121. The lowest BCUT2D eigenvalue weighted by Crippen LogP contribution is -2.32. The van der Waals surface area contributed by atoms with Crippen molar-refractivity contribution in [2.75, 3.05) is 18.8 Å². The molecule has 0 unspecified atom stereocenters. The highest BCUT2D eigenvalue weighted by atomic mass is 16.2. The second-order valence-electron chi connectivity index (χ2n) is 4.81. The molecule has 7 nitrogen and oxygen atoms in total. The number of nitrogens with zero attached hydrogens (tertiary/aromatic N) is 1. The van der Waals surface area contributed by atoms with E-state index < -0.39 is 0 Å². The van der Waals surface area contributed by atoms with Crippen molar-refractivity contribution in [2.24, 2.45) is 5.92 Å². The van der Waals surface area contributed by atoms with Gasteiger partial charge in [0.2, 0.25) is 5.91 Å². The van der Waals surface area contributed by atoms with Crippen molar-refractivity contribution in [3.05, 3.63) is 11.3 Å². The summed E-state index contributed by atoms with van der Waals surface area (Å²) < 4.78 is 0. The van der Waals surface area contributed by atoms with Crippen molar-refractivity contribution in [3.63, 3.8) is 0 Å². The molecule has 0 atom stereocenters. The normalized spacial score (nSPS) is 10.5. The molecule has 0 saturated heterocycles. The van der Waals surface area contributed by atoms with E-state index in [2.05, 4.69) is 20.8 Å². The fourth-order valence-corrected chi connectivity index (χ4v) is 1.52. The van der Waals surface area contributed by atoms with Crippen LogP contribution in [-0.4, -0.2) is 35.1 Å². The number of nitrogens with one attached hydrogen (secondary N) is 3. The van der Waals surface area contributed by atoms with E-state index in [1.807, 2.05) is 13.8 Å². The van der Waals surface area contributed by atoms with Gasteiger partial charge in [-0.05, 0) is 12.8 Å². The molecule has 2 amide bonds. The average molecular weight is 267 g/mol. The summed E-state index contributed by atoms with van der Waals surface area (Å²) in [6, 6.07) is 0. The summed E-state index contributed by atoms with van der Waals surface area (Å²) in [5, 5.41) is 11.8. The first-order valence-electron chi connectivity index (χ1n) is 6.27. The van der Waals surface area contributed by atoms with E-state index in [1.54, 1.807) is 6.92 Å². The van der Waals surface area contributed by atoms with Crippen LogP contribution in [0.5, 0.6) is 0 Å². The number of hydrogen-bond donors (Lipinski definition) is 4. The van der Waals surface area contributed by atoms with E-state index >= 15 is 0 Å². The molecule has 1 aromatic rings. The average Bonchev–Trinajstić information content (AvgIpc) is 2.66. The molecule has 0 bridgehead atoms. The number of amides is 2. The standard InChI is InChI=1S/C12H21N5O2/c1-7(2)6-15-9(18)4-5-14-12(19)10-8(3)16-17-11(10)13/h7H,4-6H2,1-3H3,(H,14,19)(H,15,18)(H3,13,16,17). The van der Waals surface area contributed by atoms with E-state index in [4.69, 9.17) is 5.73 Å². The zero-order valence-corrected chi connectivity index (χ0v) is 11.5. The minimum atomic E-state index is -0.319. The summed E-state index contributed by atoms with van der Waals surface area (Å²) in [6.07, 6.45) is 0.245. The Labute approximate surface area is 112 Å². The molecular formula is C12H21N5O2. The van der Waals surface area contributed by atoms with Gasteiger partial charge in [-0.1, -0.05) is 13.8 Å². The first-order chi connectivity index (χ1) is 8.91. The van der Waals surface area contributed by atoms with Crippen molar-refractivity contribution in [1.82, 2.24) is 20.8 Å². The van der Waals surface area contributed by atoms with E-state index in [1.165, 1.54) is 0 Å². The Morgan fingerprint density at radius 1 is 1.37 bits per heavy atom. The van der Waals surface area contributed by atoms with Crippen molar-refractivity contribution in [3.8, 4) is 0 Å². The van der Waals surface area contributed by atoms with Crippen LogP contribution < -0.4 is 16.4 Å². The molecule has 1 heterocycles. The van der Waals surface area contributed by atoms with E-state index in [0.717, 1.165) is 0 Å². The van der Waals surface area contributed by atoms with Crippen LogP contribution in [0.15, 0.2) is 0 Å². The molecule has 0 spiro atoms. The quantitative estimate of drug-likeness (QED) is 0.589. The Morgan fingerprint density at radius 3 is 2.58 bits per heavy atom. The van der Waals surface area contributed by atoms with Gasteiger partial charge in [-0.15, -0.1) is 0 Å². The number of aromatic amines is 1. The highest BCUT2D eigenvalue weighted by Gasteiger charge is 2.15. The Morgan fingerprint density at radius 2 is 2.05 bits per heavy atom. The smallest absolute Gasteiger partial charge is 0.256 e. The van der Waals surface area contributed by atoms with Gasteiger partial charge in [0.15, 0.2) is 5.82 Å². The Bertz CT molecular complexity index is 433. The number of carbonyl (C=O) groups excluding carboxylic acids is 2. The van der Waals surface area contributed by atoms with Gasteiger partial charge < -0.3 is 16.4 Å². The molecule has 7 heteroatoms. The van der Waals surface area contributed by atoms with Gasteiger partial charge in [-0.25, -0.2) is 0 Å². The highest BCUT2D eigenvalue weighted by Crippen LogP contribution is 2.11. The number of nitrogen functional groups attached to an aromatic ring is 1. The molecule has 0 aromatic carbocycles. The summed E-state index contributed by atoms with van der Waals surface area (Å²) >= 11 is 0. The fraction of sp³-hybridized carbons (Fsp3) is 0.583. The predicted molar refractivity (Wildman–Crippen MR) is 72.5 cm³/mol. The molecule has 0 radical (unpaired) electrons. The number of carbonyl (C=O) groups is 2. The zero-order valence-electron chi connectivity index (χ0n) is 11.5. The second kappa shape index (κ2) is 6.77. The number of aromatic nitrogens is 2. The topological polar surface area (TPSA) is 113 Å². The third-order valence-electron chi connectivity index (χ3n) is 2.55. The summed E-state index contributed by atoms with van der Waals surface area (Å²) in [5.74, 6) is 0.178. The maximum atomic E-state index is 11.8. The molecular weight excluding hydrogens is 246 g/mol. The lowest BCUT2D eigenvalue weighted by Gasteiger charge is -2.08. The fourth-order valence-electron chi connectivity index (χ4n) is 1.52. The van der Waals surface area contributed by atoms with Crippen molar-refractivity contribution in [2.45, 2.75) is 27.2 Å². The Kier molecular flexibility index (Phi) is 5.35. The molecule has 0 aliphatic heterocycles. The predicted octanol–water partition coefficient (Wildman–Crippen LogP) is 0.192. The van der Waals surface area contributed by atoms with Crippen LogP contribution >= 0.6 is 0 Å². The molecule has 0 aliphatic rings. The van der Waals surface area contributed by atoms with Crippen LogP contribution in [0.1, 0.15) is 36.3 Å². The van der Waals surface area contributed by atoms with E-state index in [0.29, 0.717) is 23.7 Å². The zero-order chi connectivity index (χ0) is 14.4. The minimum absolute atomic E-state index is 0.0779. The first kappa shape index (κ1) is 15.0. The van der Waals surface area contributed by atoms with Crippen LogP contribution in [0, 0.1) is 12.8 Å². The number of aryl methyl sites for hydroxylation is 1. The van der Waals surface area contributed by atoms with Crippen molar-refractivity contribution in [1.29, 1.82) is 0 Å². The van der Waals surface area contributed by atoms with Crippen molar-refractivity contribution < 1.29 is 9.59 Å². The molecule has 0 aliphatic carbocycles. The summed E-state index contributed by atoms with van der Waals surface area (Å²) in [5.41, 5.74) is 6.52. The van der Waals surface area contributed by atoms with Gasteiger partial charge >= 0.3 is 0 Å². The van der Waals surface area contributed by atoms with Gasteiger partial charge in [0.1, 0.15) is 5.56 Å². The van der Waals surface area contributed by atoms with Crippen LogP contribution in [-0.2, 0) is 4.79 Å². The number of rotatable bonds is 6. The Hall–Kier alpha value is -2.05. The second-order valence-corrected chi connectivity index (χ2v) is 4.81. The molecule has 1 rings (SSSR count). The molecule has 19 heavy (non-hydrogen) atoms. The highest BCUT2D eigenvalue weighted by molar-refractivity contribution is 5.99. The molecule has 5 N–H and O–H groups in total. The summed E-state index contributed by atoms with van der Waals surface area (Å²) in [7, 11) is 0. The molecule has 0 saturated carbocycles. The number of H-pyrrole nitrogens is 1. The third-order valence-corrected chi connectivity index (χ3v) is 2.55. The summed E-state index contributed by atoms with van der Waals surface area (Å²) in [4.78, 5) is 23.3. The number of nitrogens with two attached hydrogens (primary N) is 1. The first-order valence-corrected chi connectivity index (χ1v) is 6.27. The van der Waals surface area contributed by atoms with E-state index in [9.17, 15) is 9.59 Å². The van der Waals surface area contributed by atoms with Gasteiger partial charge in [-0.2, -0.15) is 5.10 Å². The monoisotopic (exact) mass is 267 g/mol. The Balaban J connectivity index is 2.34. The minimum Gasteiger partial charge on any atom is -0.382 e. The van der Waals surface area contributed by atoms with Crippen LogP contribution in [0.25, 0.3) is 0 Å². The lowest BCUT2D eigenvalue weighted by atomic mass is 10.2. The van der Waals surface area contributed by atoms with Gasteiger partial charge in [0.05, 0.1) is 0 Å². The van der Waals surface area contributed by atoms with Gasteiger partial charge in [-0.3, -0.25) is 14.7 Å². The number of anilines is 1. The van der Waals surface area contributed by atoms with Crippen LogP contribution in [0.2, 0.25) is 0 Å². The third kappa shape index (κ3) is 4.61. The van der Waals surface area contributed by atoms with E-state index in [-0.39, 0.29) is 30.6 Å². The molecule has 0 fully saturated rings. The van der Waals surface area contributed by atoms with Gasteiger partial charge in [0.25, 0.3) is 5.91 Å². The number of hydrogen-bond acceptors (Lipinski definition) is 4. The van der Waals surface area contributed by atoms with Gasteiger partial charge in [0, 0.05) is 25.2 Å². The largest absolute Gasteiger partial charge is 0.382 e. The molecule has 106 valence electrons. The SMILES string of the molecule is Cc1[nH]nc(N)c1C(=O)NCCC(=O)NCC(C)C. The maximum Gasteiger partial charge on any atom is 0.256 e. The van der Waals surface area contributed by atoms with Crippen LogP contribution in [0.4, 0.5) is 5.82 Å². The van der Waals surface area contributed by atoms with Crippen LogP contribution in [0.3, 0.4) is 0 Å². The molecule has 1 aromatic heterocycles.